The summed E-state index contributed by atoms with van der Waals surface area (Å²) >= 11 is 12.4. The summed E-state index contributed by atoms with van der Waals surface area (Å²) in [7, 11) is 0. The second-order valence-electron chi connectivity index (χ2n) is 9.35. The molecule has 0 aliphatic carbocycles. The number of nitrogens with zero attached hydrogens (tertiary/aromatic N) is 2. The van der Waals surface area contributed by atoms with Gasteiger partial charge < -0.3 is 20.3 Å². The number of alkyl halides is 3. The van der Waals surface area contributed by atoms with Gasteiger partial charge >= 0.3 is 12.1 Å². The first-order chi connectivity index (χ1) is 17.8. The molecule has 204 valence electrons. The Kier molecular flexibility index (Phi) is 7.78. The molecule has 8 nitrogen and oxygen atoms in total. The van der Waals surface area contributed by atoms with Gasteiger partial charge in [-0.1, -0.05) is 29.3 Å². The van der Waals surface area contributed by atoms with Crippen molar-refractivity contribution in [1.29, 1.82) is 0 Å². The Balaban J connectivity index is 0.000000426. The number of piperidine rings is 1. The zero-order valence-electron chi connectivity index (χ0n) is 19.7. The molecule has 0 radical (unpaired) electrons. The van der Waals surface area contributed by atoms with E-state index in [0.717, 1.165) is 31.5 Å². The second-order valence-corrected chi connectivity index (χ2v) is 10.1. The van der Waals surface area contributed by atoms with Gasteiger partial charge in [-0.3, -0.25) is 14.0 Å². The van der Waals surface area contributed by atoms with Gasteiger partial charge in [0.25, 0.3) is 11.5 Å². The quantitative estimate of drug-likeness (QED) is 0.407. The van der Waals surface area contributed by atoms with E-state index in [0.29, 0.717) is 30.7 Å². The number of amides is 1. The van der Waals surface area contributed by atoms with Crippen LogP contribution in [0.15, 0.2) is 35.3 Å². The average molecular weight is 577 g/mol. The summed E-state index contributed by atoms with van der Waals surface area (Å²) in [5.41, 5.74) is 1.62. The number of carbonyl (C=O) groups is 2. The van der Waals surface area contributed by atoms with Gasteiger partial charge in [0, 0.05) is 43.4 Å². The fourth-order valence-electron chi connectivity index (χ4n) is 4.76. The number of aromatic nitrogens is 2. The number of aliphatic carboxylic acids is 1. The molecule has 4 heterocycles. The van der Waals surface area contributed by atoms with E-state index in [9.17, 15) is 27.2 Å². The van der Waals surface area contributed by atoms with Crippen LogP contribution >= 0.6 is 23.2 Å². The largest absolute Gasteiger partial charge is 0.490 e. The summed E-state index contributed by atoms with van der Waals surface area (Å²) < 4.78 is 47.8. The maximum absolute atomic E-state index is 14.5. The van der Waals surface area contributed by atoms with Crippen molar-refractivity contribution < 1.29 is 32.3 Å². The smallest absolute Gasteiger partial charge is 0.475 e. The zero-order valence-corrected chi connectivity index (χ0v) is 21.2. The molecule has 38 heavy (non-hydrogen) atoms. The van der Waals surface area contributed by atoms with Crippen molar-refractivity contribution in [3.8, 4) is 0 Å². The minimum Gasteiger partial charge on any atom is -0.475 e. The van der Waals surface area contributed by atoms with Gasteiger partial charge in [-0.05, 0) is 43.1 Å². The van der Waals surface area contributed by atoms with Crippen LogP contribution in [0.25, 0.3) is 5.52 Å². The number of rotatable bonds is 3. The molecule has 1 spiro atoms. The summed E-state index contributed by atoms with van der Waals surface area (Å²) in [6.45, 7) is 3.23. The predicted octanol–water partition coefficient (Wildman–Crippen LogP) is 4.12. The van der Waals surface area contributed by atoms with Crippen LogP contribution in [0.1, 0.15) is 34.5 Å². The van der Waals surface area contributed by atoms with Gasteiger partial charge in [-0.25, -0.2) is 9.18 Å². The normalized spacial score (nSPS) is 16.6. The molecule has 0 unspecified atom stereocenters. The molecule has 14 heteroatoms. The lowest BCUT2D eigenvalue weighted by Crippen LogP contribution is -2.63. The molecular weight excluding hydrogens is 555 g/mol. The topological polar surface area (TPSA) is 107 Å². The third-order valence-electron chi connectivity index (χ3n) is 6.58. The number of hydrogen-bond donors (Lipinski definition) is 3. The molecule has 0 saturated carbocycles. The van der Waals surface area contributed by atoms with Crippen LogP contribution in [0.3, 0.4) is 0 Å². The predicted molar refractivity (Wildman–Crippen MR) is 131 cm³/mol. The van der Waals surface area contributed by atoms with Crippen LogP contribution < -0.4 is 10.9 Å². The molecular formula is C24H22Cl2F4N4O4. The lowest BCUT2D eigenvalue weighted by molar-refractivity contribution is -0.192. The van der Waals surface area contributed by atoms with Gasteiger partial charge in [0.2, 0.25) is 0 Å². The van der Waals surface area contributed by atoms with Crippen molar-refractivity contribution in [2.75, 3.05) is 26.2 Å². The highest BCUT2D eigenvalue weighted by Gasteiger charge is 2.46. The van der Waals surface area contributed by atoms with Crippen molar-refractivity contribution in [2.45, 2.75) is 25.4 Å². The van der Waals surface area contributed by atoms with E-state index >= 15 is 0 Å². The molecule has 2 aromatic heterocycles. The first-order valence-corrected chi connectivity index (χ1v) is 12.2. The molecule has 0 atom stereocenters. The highest BCUT2D eigenvalue weighted by atomic mass is 35.5. The highest BCUT2D eigenvalue weighted by Crippen LogP contribution is 2.37. The molecule has 2 aliphatic heterocycles. The third kappa shape index (κ3) is 5.67. The van der Waals surface area contributed by atoms with E-state index in [2.05, 4.69) is 10.3 Å². The molecule has 1 aromatic carbocycles. The number of hydrogen-bond acceptors (Lipinski definition) is 4. The fourth-order valence-corrected chi connectivity index (χ4v) is 5.20. The number of carboxylic acid groups (broad SMARTS) is 1. The minimum absolute atomic E-state index is 0.0634. The van der Waals surface area contributed by atoms with E-state index < -0.39 is 18.0 Å². The van der Waals surface area contributed by atoms with Gasteiger partial charge in [0.1, 0.15) is 16.5 Å². The molecule has 3 aromatic rings. The number of nitrogens with one attached hydrogen (secondary N) is 2. The number of fused-ring (bicyclic) bond motifs is 1. The Morgan fingerprint density at radius 3 is 2.45 bits per heavy atom. The van der Waals surface area contributed by atoms with E-state index in [1.165, 1.54) is 12.1 Å². The van der Waals surface area contributed by atoms with Crippen molar-refractivity contribution in [3.05, 3.63) is 73.6 Å². The summed E-state index contributed by atoms with van der Waals surface area (Å²) in [6.07, 6.45) is -0.996. The number of H-pyrrole nitrogens is 1. The Labute approximate surface area is 223 Å². The van der Waals surface area contributed by atoms with E-state index in [-0.39, 0.29) is 32.6 Å². The number of benzene rings is 1. The summed E-state index contributed by atoms with van der Waals surface area (Å²) in [4.78, 5) is 38.3. The van der Waals surface area contributed by atoms with Crippen LogP contribution in [-0.4, -0.2) is 63.6 Å². The molecule has 2 saturated heterocycles. The number of halogens is 6. The number of carbonyl (C=O) groups excluding carboxylic acids is 1. The van der Waals surface area contributed by atoms with Crippen molar-refractivity contribution in [2.24, 2.45) is 5.41 Å². The SMILES string of the molecule is O=C(O)C(F)(F)F.O=C(c1cc(Cc2c[nH]c(=O)c3cc(Cl)c(Cl)n23)ccc1F)N1CC2(CCCNC2)C1. The summed E-state index contributed by atoms with van der Waals surface area (Å²) in [5.74, 6) is -3.58. The average Bonchev–Trinajstić information content (AvgIpc) is 3.15. The monoisotopic (exact) mass is 576 g/mol. The molecule has 5 rings (SSSR count). The van der Waals surface area contributed by atoms with Crippen LogP contribution in [0.4, 0.5) is 17.6 Å². The van der Waals surface area contributed by atoms with Gasteiger partial charge in [0.15, 0.2) is 0 Å². The first-order valence-electron chi connectivity index (χ1n) is 11.5. The van der Waals surface area contributed by atoms with Gasteiger partial charge in [-0.15, -0.1) is 0 Å². The van der Waals surface area contributed by atoms with Crippen molar-refractivity contribution in [3.63, 3.8) is 0 Å². The standard InChI is InChI=1S/C22H21Cl2FN4O2.C2HF3O2/c23-16-8-18-20(30)27-9-14(29(18)19(16)24)6-13-2-3-17(25)15(7-13)21(31)28-11-22(12-28)4-1-5-26-10-22;3-2(4,5)1(6)7/h2-3,7-9,26H,1,4-6,10-12H2,(H,27,30);(H,6,7). The van der Waals surface area contributed by atoms with Crippen LogP contribution in [-0.2, 0) is 11.2 Å². The number of carboxylic acids is 1. The van der Waals surface area contributed by atoms with Crippen LogP contribution in [0.2, 0.25) is 10.2 Å². The number of aromatic amines is 1. The third-order valence-corrected chi connectivity index (χ3v) is 7.33. The summed E-state index contributed by atoms with van der Waals surface area (Å²) in [5, 5.41) is 11.0. The Morgan fingerprint density at radius 1 is 1.16 bits per heavy atom. The summed E-state index contributed by atoms with van der Waals surface area (Å²) in [6, 6.07) is 6.03. The minimum atomic E-state index is -5.08. The van der Waals surface area contributed by atoms with Crippen molar-refractivity contribution >= 4 is 40.6 Å². The Hall–Kier alpha value is -3.09. The maximum atomic E-state index is 14.5. The lowest BCUT2D eigenvalue weighted by atomic mass is 9.74. The van der Waals surface area contributed by atoms with Gasteiger partial charge in [-0.2, -0.15) is 13.2 Å². The van der Waals surface area contributed by atoms with Gasteiger partial charge in [0.05, 0.1) is 10.6 Å². The van der Waals surface area contributed by atoms with Crippen molar-refractivity contribution in [1.82, 2.24) is 19.6 Å². The zero-order chi connectivity index (χ0) is 27.8. The molecule has 0 bridgehead atoms. The molecule has 3 N–H and O–H groups in total. The molecule has 1 amide bonds. The highest BCUT2D eigenvalue weighted by molar-refractivity contribution is 6.42. The molecule has 2 fully saturated rings. The Morgan fingerprint density at radius 2 is 1.84 bits per heavy atom. The van der Waals surface area contributed by atoms with E-state index in [1.807, 2.05) is 0 Å². The second kappa shape index (κ2) is 10.6. The van der Waals surface area contributed by atoms with E-state index in [4.69, 9.17) is 33.1 Å². The number of likely N-dealkylation sites (tertiary alicyclic amines) is 1. The molecule has 2 aliphatic rings. The van der Waals surface area contributed by atoms with Crippen LogP contribution in [0.5, 0.6) is 0 Å². The maximum Gasteiger partial charge on any atom is 0.490 e. The lowest BCUT2D eigenvalue weighted by Gasteiger charge is -2.52. The Bertz CT molecular complexity index is 1440. The fraction of sp³-hybridized carbons (Fsp3) is 0.375. The van der Waals surface area contributed by atoms with E-state index in [1.54, 1.807) is 27.6 Å². The first kappa shape index (κ1) is 27.9. The van der Waals surface area contributed by atoms with Crippen LogP contribution in [0, 0.1) is 11.2 Å².